The molecular formula is C18H31N. The van der Waals surface area contributed by atoms with Crippen molar-refractivity contribution < 1.29 is 0 Å². The van der Waals surface area contributed by atoms with Crippen LogP contribution in [-0.4, -0.2) is 13.1 Å². The SMILES string of the molecule is CC(C)CNCCCCc1ccc(C(C)(C)C)cc1. The molecular weight excluding hydrogens is 230 g/mol. The van der Waals surface area contributed by atoms with Crippen LogP contribution in [0.4, 0.5) is 0 Å². The Balaban J connectivity index is 2.23. The Bertz CT molecular complexity index is 343. The maximum atomic E-state index is 3.50. The summed E-state index contributed by atoms with van der Waals surface area (Å²) in [4.78, 5) is 0. The topological polar surface area (TPSA) is 12.0 Å². The second-order valence-corrected chi connectivity index (χ2v) is 7.00. The fourth-order valence-corrected chi connectivity index (χ4v) is 2.14. The molecule has 0 amide bonds. The van der Waals surface area contributed by atoms with Gasteiger partial charge in [0.15, 0.2) is 0 Å². The Kier molecular flexibility index (Phi) is 6.57. The van der Waals surface area contributed by atoms with Gasteiger partial charge in [-0.15, -0.1) is 0 Å². The largest absolute Gasteiger partial charge is 0.316 e. The van der Waals surface area contributed by atoms with Crippen molar-refractivity contribution in [2.24, 2.45) is 5.92 Å². The molecule has 0 heterocycles. The van der Waals surface area contributed by atoms with Crippen molar-refractivity contribution in [1.82, 2.24) is 5.32 Å². The number of nitrogens with one attached hydrogen (secondary N) is 1. The molecule has 0 aliphatic carbocycles. The quantitative estimate of drug-likeness (QED) is 0.710. The van der Waals surface area contributed by atoms with E-state index in [0.29, 0.717) is 0 Å². The molecule has 0 radical (unpaired) electrons. The summed E-state index contributed by atoms with van der Waals surface area (Å²) < 4.78 is 0. The van der Waals surface area contributed by atoms with Crippen LogP contribution in [0.2, 0.25) is 0 Å². The summed E-state index contributed by atoms with van der Waals surface area (Å²) in [6, 6.07) is 9.16. The Morgan fingerprint density at radius 3 is 2.16 bits per heavy atom. The minimum Gasteiger partial charge on any atom is -0.316 e. The van der Waals surface area contributed by atoms with E-state index in [1.54, 1.807) is 0 Å². The molecule has 1 heteroatoms. The van der Waals surface area contributed by atoms with Gasteiger partial charge in [-0.1, -0.05) is 58.9 Å². The fourth-order valence-electron chi connectivity index (χ4n) is 2.14. The van der Waals surface area contributed by atoms with Crippen LogP contribution >= 0.6 is 0 Å². The summed E-state index contributed by atoms with van der Waals surface area (Å²) in [6.45, 7) is 13.6. The number of hydrogen-bond acceptors (Lipinski definition) is 1. The van der Waals surface area contributed by atoms with Crippen molar-refractivity contribution >= 4 is 0 Å². The van der Waals surface area contributed by atoms with Crippen LogP contribution in [0, 0.1) is 5.92 Å². The summed E-state index contributed by atoms with van der Waals surface area (Å²) in [7, 11) is 0. The molecule has 0 aliphatic heterocycles. The summed E-state index contributed by atoms with van der Waals surface area (Å²) in [5.74, 6) is 0.755. The maximum absolute atomic E-state index is 3.50. The molecule has 0 bridgehead atoms. The van der Waals surface area contributed by atoms with E-state index in [2.05, 4.69) is 64.2 Å². The summed E-state index contributed by atoms with van der Waals surface area (Å²) >= 11 is 0. The van der Waals surface area contributed by atoms with Gasteiger partial charge >= 0.3 is 0 Å². The van der Waals surface area contributed by atoms with Crippen molar-refractivity contribution in [1.29, 1.82) is 0 Å². The highest BCUT2D eigenvalue weighted by Crippen LogP contribution is 2.22. The number of aryl methyl sites for hydroxylation is 1. The van der Waals surface area contributed by atoms with Crippen LogP contribution in [0.15, 0.2) is 24.3 Å². The van der Waals surface area contributed by atoms with Gasteiger partial charge in [-0.3, -0.25) is 0 Å². The lowest BCUT2D eigenvalue weighted by Crippen LogP contribution is -2.20. The molecule has 1 nitrogen and oxygen atoms in total. The first kappa shape index (κ1) is 16.2. The zero-order chi connectivity index (χ0) is 14.3. The predicted octanol–water partition coefficient (Wildman–Crippen LogP) is 4.55. The zero-order valence-electron chi connectivity index (χ0n) is 13.4. The van der Waals surface area contributed by atoms with Crippen LogP contribution < -0.4 is 5.32 Å². The van der Waals surface area contributed by atoms with Crippen LogP contribution in [0.5, 0.6) is 0 Å². The minimum atomic E-state index is 0.263. The summed E-state index contributed by atoms with van der Waals surface area (Å²) in [5, 5.41) is 3.50. The third-order valence-corrected chi connectivity index (χ3v) is 3.44. The third-order valence-electron chi connectivity index (χ3n) is 3.44. The Morgan fingerprint density at radius 1 is 1.00 bits per heavy atom. The first-order valence-electron chi connectivity index (χ1n) is 7.69. The maximum Gasteiger partial charge on any atom is -0.00258 e. The van der Waals surface area contributed by atoms with Gasteiger partial charge in [-0.2, -0.15) is 0 Å². The average molecular weight is 261 g/mol. The normalized spacial score (nSPS) is 12.1. The second-order valence-electron chi connectivity index (χ2n) is 7.00. The van der Waals surface area contributed by atoms with Gasteiger partial charge in [0.25, 0.3) is 0 Å². The van der Waals surface area contributed by atoms with Crippen LogP contribution in [0.1, 0.15) is 58.6 Å². The lowest BCUT2D eigenvalue weighted by atomic mass is 9.86. The number of rotatable bonds is 7. The molecule has 1 aromatic carbocycles. The van der Waals surface area contributed by atoms with Crippen LogP contribution in [0.25, 0.3) is 0 Å². The molecule has 0 unspecified atom stereocenters. The standard InChI is InChI=1S/C18H31N/c1-15(2)14-19-13-7-6-8-16-9-11-17(12-10-16)18(3,4)5/h9-12,15,19H,6-8,13-14H2,1-5H3. The van der Waals surface area contributed by atoms with Crippen molar-refractivity contribution in [2.45, 2.75) is 59.3 Å². The highest BCUT2D eigenvalue weighted by Gasteiger charge is 2.12. The average Bonchev–Trinajstić information content (AvgIpc) is 2.32. The first-order chi connectivity index (χ1) is 8.89. The van der Waals surface area contributed by atoms with Gasteiger partial charge < -0.3 is 5.32 Å². The molecule has 108 valence electrons. The molecule has 0 atom stereocenters. The van der Waals surface area contributed by atoms with E-state index in [1.165, 1.54) is 30.4 Å². The van der Waals surface area contributed by atoms with Crippen molar-refractivity contribution in [3.63, 3.8) is 0 Å². The zero-order valence-corrected chi connectivity index (χ0v) is 13.4. The van der Waals surface area contributed by atoms with Crippen molar-refractivity contribution in [2.75, 3.05) is 13.1 Å². The Morgan fingerprint density at radius 2 is 1.63 bits per heavy atom. The first-order valence-corrected chi connectivity index (χ1v) is 7.69. The van der Waals surface area contributed by atoms with Crippen LogP contribution in [-0.2, 0) is 11.8 Å². The van der Waals surface area contributed by atoms with Crippen molar-refractivity contribution in [3.8, 4) is 0 Å². The molecule has 0 fully saturated rings. The van der Waals surface area contributed by atoms with Gasteiger partial charge in [-0.25, -0.2) is 0 Å². The number of hydrogen-bond donors (Lipinski definition) is 1. The highest BCUT2D eigenvalue weighted by atomic mass is 14.8. The van der Waals surface area contributed by atoms with E-state index in [4.69, 9.17) is 0 Å². The van der Waals surface area contributed by atoms with E-state index < -0.39 is 0 Å². The van der Waals surface area contributed by atoms with E-state index >= 15 is 0 Å². The predicted molar refractivity (Wildman–Crippen MR) is 85.8 cm³/mol. The fraction of sp³-hybridized carbons (Fsp3) is 0.667. The Hall–Kier alpha value is -0.820. The molecule has 0 saturated carbocycles. The van der Waals surface area contributed by atoms with Crippen molar-refractivity contribution in [3.05, 3.63) is 35.4 Å². The van der Waals surface area contributed by atoms with E-state index in [1.807, 2.05) is 0 Å². The number of benzene rings is 1. The molecule has 1 N–H and O–H groups in total. The lowest BCUT2D eigenvalue weighted by molar-refractivity contribution is 0.535. The molecule has 0 saturated heterocycles. The monoisotopic (exact) mass is 261 g/mol. The van der Waals surface area contributed by atoms with Gasteiger partial charge in [0, 0.05) is 0 Å². The minimum absolute atomic E-state index is 0.263. The summed E-state index contributed by atoms with van der Waals surface area (Å²) in [5.41, 5.74) is 3.16. The van der Waals surface area contributed by atoms with E-state index in [9.17, 15) is 0 Å². The van der Waals surface area contributed by atoms with Gasteiger partial charge in [0.1, 0.15) is 0 Å². The second kappa shape index (κ2) is 7.69. The smallest absolute Gasteiger partial charge is 0.00258 e. The highest BCUT2D eigenvalue weighted by molar-refractivity contribution is 5.27. The van der Waals surface area contributed by atoms with Crippen LogP contribution in [0.3, 0.4) is 0 Å². The lowest BCUT2D eigenvalue weighted by Gasteiger charge is -2.19. The van der Waals surface area contributed by atoms with E-state index in [0.717, 1.165) is 19.0 Å². The third kappa shape index (κ3) is 6.77. The Labute approximate surface area is 119 Å². The molecule has 0 aliphatic rings. The van der Waals surface area contributed by atoms with Gasteiger partial charge in [-0.05, 0) is 54.8 Å². The molecule has 0 spiro atoms. The number of unbranched alkanes of at least 4 members (excludes halogenated alkanes) is 1. The van der Waals surface area contributed by atoms with Gasteiger partial charge in [0.05, 0.1) is 0 Å². The summed E-state index contributed by atoms with van der Waals surface area (Å²) in [6.07, 6.45) is 3.75. The molecule has 0 aromatic heterocycles. The van der Waals surface area contributed by atoms with Gasteiger partial charge in [0.2, 0.25) is 0 Å². The molecule has 19 heavy (non-hydrogen) atoms. The molecule has 1 aromatic rings. The molecule has 1 rings (SSSR count). The van der Waals surface area contributed by atoms with E-state index in [-0.39, 0.29) is 5.41 Å².